The molecule has 0 aliphatic carbocycles. The Morgan fingerprint density at radius 1 is 1.10 bits per heavy atom. The first kappa shape index (κ1) is 18.3. The van der Waals surface area contributed by atoms with E-state index in [9.17, 15) is 13.2 Å². The quantitative estimate of drug-likeness (QED) is 0.686. The number of anilines is 1. The zero-order chi connectivity index (χ0) is 20.3. The molecular formula is C19H21N5O4S. The van der Waals surface area contributed by atoms with E-state index in [4.69, 9.17) is 4.42 Å². The lowest BCUT2D eigenvalue weighted by Gasteiger charge is -2.23. The minimum absolute atomic E-state index is 0.145. The summed E-state index contributed by atoms with van der Waals surface area (Å²) in [5.74, 6) is 0.858. The van der Waals surface area contributed by atoms with Gasteiger partial charge in [-0.1, -0.05) is 0 Å². The fourth-order valence-electron chi connectivity index (χ4n) is 4.40. The third-order valence-electron chi connectivity index (χ3n) is 6.09. The van der Waals surface area contributed by atoms with Crippen LogP contribution in [0.3, 0.4) is 0 Å². The molecule has 9 nitrogen and oxygen atoms in total. The SMILES string of the molecule is Cc1ncnc(N2CC3CN(S(=O)(=O)c4ccc5[nH]c(=O)oc5c4)CC3C2)c1C. The van der Waals surface area contributed by atoms with E-state index in [1.54, 1.807) is 16.7 Å². The number of aryl methyl sites for hydroxylation is 1. The van der Waals surface area contributed by atoms with Crippen LogP contribution in [0.15, 0.2) is 38.6 Å². The third-order valence-corrected chi connectivity index (χ3v) is 7.92. The van der Waals surface area contributed by atoms with E-state index in [0.717, 1.165) is 30.2 Å². The molecule has 0 radical (unpaired) electrons. The second-order valence-electron chi connectivity index (χ2n) is 7.83. The molecule has 0 bridgehead atoms. The predicted molar refractivity (Wildman–Crippen MR) is 106 cm³/mol. The van der Waals surface area contributed by atoms with Crippen molar-refractivity contribution >= 4 is 26.9 Å². The van der Waals surface area contributed by atoms with Crippen LogP contribution in [-0.4, -0.2) is 53.9 Å². The lowest BCUT2D eigenvalue weighted by Crippen LogP contribution is -2.33. The number of aromatic nitrogens is 3. The molecule has 2 aliphatic heterocycles. The standard InChI is InChI=1S/C19H21N5O4S/c1-11-12(2)20-10-21-18(11)23-6-13-8-24(9-14(13)7-23)29(26,27)15-3-4-16-17(5-15)28-19(25)22-16/h3-5,10,13-14H,6-9H2,1-2H3,(H,22,25). The van der Waals surface area contributed by atoms with Crippen LogP contribution >= 0.6 is 0 Å². The van der Waals surface area contributed by atoms with Gasteiger partial charge in [0.25, 0.3) is 0 Å². The van der Waals surface area contributed by atoms with Crippen LogP contribution in [0.5, 0.6) is 0 Å². The van der Waals surface area contributed by atoms with E-state index >= 15 is 0 Å². The van der Waals surface area contributed by atoms with Crippen LogP contribution in [0, 0.1) is 25.7 Å². The van der Waals surface area contributed by atoms with Gasteiger partial charge in [0.05, 0.1) is 10.4 Å². The second-order valence-corrected chi connectivity index (χ2v) is 9.77. The van der Waals surface area contributed by atoms with Gasteiger partial charge < -0.3 is 9.32 Å². The molecule has 2 unspecified atom stereocenters. The van der Waals surface area contributed by atoms with Gasteiger partial charge in [-0.25, -0.2) is 23.2 Å². The zero-order valence-corrected chi connectivity index (χ0v) is 16.9. The first-order valence-corrected chi connectivity index (χ1v) is 10.9. The highest BCUT2D eigenvalue weighted by atomic mass is 32.2. The Bertz CT molecular complexity index is 1250. The first-order valence-electron chi connectivity index (χ1n) is 9.49. The van der Waals surface area contributed by atoms with E-state index in [2.05, 4.69) is 19.9 Å². The summed E-state index contributed by atoms with van der Waals surface area (Å²) in [4.78, 5) is 24.9. The molecule has 2 aromatic heterocycles. The van der Waals surface area contributed by atoms with Crippen LogP contribution in [0.2, 0.25) is 0 Å². The van der Waals surface area contributed by atoms with Crippen molar-refractivity contribution in [2.24, 2.45) is 11.8 Å². The smallest absolute Gasteiger partial charge is 0.408 e. The highest BCUT2D eigenvalue weighted by molar-refractivity contribution is 7.89. The summed E-state index contributed by atoms with van der Waals surface area (Å²) < 4.78 is 32.8. The van der Waals surface area contributed by atoms with Gasteiger partial charge in [-0.3, -0.25) is 4.98 Å². The molecule has 0 spiro atoms. The number of nitrogens with zero attached hydrogens (tertiary/aromatic N) is 4. The fraction of sp³-hybridized carbons (Fsp3) is 0.421. The first-order chi connectivity index (χ1) is 13.8. The summed E-state index contributed by atoms with van der Waals surface area (Å²) >= 11 is 0. The number of hydrogen-bond acceptors (Lipinski definition) is 7. The topological polar surface area (TPSA) is 112 Å². The van der Waals surface area contributed by atoms with Gasteiger partial charge in [-0.05, 0) is 37.8 Å². The third kappa shape index (κ3) is 2.94. The van der Waals surface area contributed by atoms with Crippen LogP contribution in [-0.2, 0) is 10.0 Å². The molecule has 5 rings (SSSR count). The molecule has 152 valence electrons. The monoisotopic (exact) mass is 415 g/mol. The van der Waals surface area contributed by atoms with Crippen LogP contribution < -0.4 is 10.7 Å². The molecule has 0 amide bonds. The number of nitrogens with one attached hydrogen (secondary N) is 1. The highest BCUT2D eigenvalue weighted by Crippen LogP contribution is 2.37. The number of rotatable bonds is 3. The predicted octanol–water partition coefficient (Wildman–Crippen LogP) is 1.28. The molecule has 2 atom stereocenters. The number of aromatic amines is 1. The van der Waals surface area contributed by atoms with E-state index in [-0.39, 0.29) is 22.3 Å². The molecular weight excluding hydrogens is 394 g/mol. The number of hydrogen-bond donors (Lipinski definition) is 1. The second kappa shape index (κ2) is 6.39. The van der Waals surface area contributed by atoms with Gasteiger partial charge in [0.1, 0.15) is 12.1 Å². The van der Waals surface area contributed by atoms with E-state index in [1.165, 1.54) is 12.1 Å². The number of H-pyrrole nitrogens is 1. The van der Waals surface area contributed by atoms with Gasteiger partial charge in [-0.2, -0.15) is 4.31 Å². The maximum Gasteiger partial charge on any atom is 0.417 e. The molecule has 29 heavy (non-hydrogen) atoms. The fourth-order valence-corrected chi connectivity index (χ4v) is 5.97. The Morgan fingerprint density at radius 3 is 2.55 bits per heavy atom. The van der Waals surface area contributed by atoms with Crippen molar-refractivity contribution in [1.82, 2.24) is 19.3 Å². The zero-order valence-electron chi connectivity index (χ0n) is 16.1. The number of sulfonamides is 1. The van der Waals surface area contributed by atoms with Gasteiger partial charge in [0.2, 0.25) is 10.0 Å². The summed E-state index contributed by atoms with van der Waals surface area (Å²) in [6.07, 6.45) is 1.58. The van der Waals surface area contributed by atoms with Crippen molar-refractivity contribution in [1.29, 1.82) is 0 Å². The Labute approximate surface area is 167 Å². The molecule has 0 saturated carbocycles. The average Bonchev–Trinajstić information content (AvgIpc) is 3.35. The van der Waals surface area contributed by atoms with Gasteiger partial charge >= 0.3 is 5.76 Å². The van der Waals surface area contributed by atoms with E-state index in [0.29, 0.717) is 18.6 Å². The average molecular weight is 415 g/mol. The molecule has 10 heteroatoms. The lowest BCUT2D eigenvalue weighted by molar-refractivity contribution is 0.453. The van der Waals surface area contributed by atoms with E-state index in [1.807, 2.05) is 13.8 Å². The number of oxazole rings is 1. The molecule has 2 aliphatic rings. The van der Waals surface area contributed by atoms with Crippen molar-refractivity contribution in [3.05, 3.63) is 46.3 Å². The van der Waals surface area contributed by atoms with Crippen LogP contribution in [0.4, 0.5) is 5.82 Å². The lowest BCUT2D eigenvalue weighted by atomic mass is 10.0. The summed E-state index contributed by atoms with van der Waals surface area (Å²) in [6.45, 7) is 6.49. The Kier molecular flexibility index (Phi) is 4.04. The van der Waals surface area contributed by atoms with Gasteiger partial charge in [0.15, 0.2) is 5.58 Å². The van der Waals surface area contributed by atoms with Crippen molar-refractivity contribution in [2.45, 2.75) is 18.7 Å². The maximum atomic E-state index is 13.1. The minimum atomic E-state index is -3.65. The Morgan fingerprint density at radius 2 is 1.83 bits per heavy atom. The molecule has 3 aromatic rings. The largest absolute Gasteiger partial charge is 0.417 e. The van der Waals surface area contributed by atoms with Crippen molar-refractivity contribution in [2.75, 3.05) is 31.1 Å². The highest BCUT2D eigenvalue weighted by Gasteiger charge is 2.45. The van der Waals surface area contributed by atoms with Gasteiger partial charge in [0, 0.05) is 43.5 Å². The number of benzene rings is 1. The summed E-state index contributed by atoms with van der Waals surface area (Å²) in [6, 6.07) is 4.48. The molecule has 1 aromatic carbocycles. The van der Waals surface area contributed by atoms with E-state index < -0.39 is 15.8 Å². The normalized spacial score (nSPS) is 22.5. The summed E-state index contributed by atoms with van der Waals surface area (Å²) in [7, 11) is -3.65. The molecule has 2 saturated heterocycles. The number of fused-ring (bicyclic) bond motifs is 2. The van der Waals surface area contributed by atoms with Crippen molar-refractivity contribution < 1.29 is 12.8 Å². The molecule has 2 fully saturated rings. The summed E-state index contributed by atoms with van der Waals surface area (Å²) in [5, 5.41) is 0. The molecule has 4 heterocycles. The summed E-state index contributed by atoms with van der Waals surface area (Å²) in [5.41, 5.74) is 2.76. The van der Waals surface area contributed by atoms with Gasteiger partial charge in [-0.15, -0.1) is 0 Å². The minimum Gasteiger partial charge on any atom is -0.408 e. The Balaban J connectivity index is 1.36. The Hall–Kier alpha value is -2.72. The van der Waals surface area contributed by atoms with Crippen molar-refractivity contribution in [3.8, 4) is 0 Å². The maximum absolute atomic E-state index is 13.1. The van der Waals surface area contributed by atoms with Crippen molar-refractivity contribution in [3.63, 3.8) is 0 Å². The molecule has 1 N–H and O–H groups in total. The van der Waals surface area contributed by atoms with Crippen LogP contribution in [0.25, 0.3) is 11.1 Å². The van der Waals surface area contributed by atoms with Crippen LogP contribution in [0.1, 0.15) is 11.3 Å².